The van der Waals surface area contributed by atoms with Crippen molar-refractivity contribution in [3.8, 4) is 0 Å². The molecule has 0 aliphatic carbocycles. The summed E-state index contributed by atoms with van der Waals surface area (Å²) < 4.78 is 27.6. The molecular formula is C15H14N4O2S. The van der Waals surface area contributed by atoms with Crippen LogP contribution in [0.4, 0.5) is 5.95 Å². The molecule has 6 nitrogen and oxygen atoms in total. The van der Waals surface area contributed by atoms with E-state index in [0.717, 1.165) is 5.39 Å². The lowest BCUT2D eigenvalue weighted by Crippen LogP contribution is -2.16. The minimum absolute atomic E-state index is 0.0606. The van der Waals surface area contributed by atoms with Gasteiger partial charge in [-0.05, 0) is 32.0 Å². The Kier molecular flexibility index (Phi) is 3.50. The van der Waals surface area contributed by atoms with Gasteiger partial charge in [0.1, 0.15) is 4.90 Å². The Morgan fingerprint density at radius 3 is 2.41 bits per heavy atom. The van der Waals surface area contributed by atoms with Crippen molar-refractivity contribution in [1.82, 2.24) is 15.0 Å². The van der Waals surface area contributed by atoms with Gasteiger partial charge in [0, 0.05) is 23.0 Å². The highest BCUT2D eigenvalue weighted by Gasteiger charge is 2.19. The first-order valence-corrected chi connectivity index (χ1v) is 8.13. The molecule has 0 unspecified atom stereocenters. The summed E-state index contributed by atoms with van der Waals surface area (Å²) in [5.41, 5.74) is 1.81. The first-order valence-electron chi connectivity index (χ1n) is 6.64. The molecule has 2 aromatic heterocycles. The van der Waals surface area contributed by atoms with Gasteiger partial charge in [-0.2, -0.15) is 0 Å². The van der Waals surface area contributed by atoms with Gasteiger partial charge in [-0.15, -0.1) is 0 Å². The van der Waals surface area contributed by atoms with Crippen molar-refractivity contribution in [1.29, 1.82) is 0 Å². The standard InChI is InChI=1S/C15H14N4O2S/c1-10-9-11(2)18-15(17-10)19-22(20,21)13-7-3-5-12-6-4-8-16-14(12)13/h3-9H,1-2H3,(H,17,18,19). The van der Waals surface area contributed by atoms with Gasteiger partial charge in [0.15, 0.2) is 0 Å². The number of benzene rings is 1. The summed E-state index contributed by atoms with van der Waals surface area (Å²) >= 11 is 0. The molecular weight excluding hydrogens is 300 g/mol. The normalized spacial score (nSPS) is 11.5. The van der Waals surface area contributed by atoms with Crippen LogP contribution in [0.5, 0.6) is 0 Å². The first kappa shape index (κ1) is 14.4. The third-order valence-corrected chi connectivity index (χ3v) is 4.45. The van der Waals surface area contributed by atoms with Crippen LogP contribution >= 0.6 is 0 Å². The molecule has 0 radical (unpaired) electrons. The number of para-hydroxylation sites is 1. The summed E-state index contributed by atoms with van der Waals surface area (Å²) in [6, 6.07) is 10.4. The number of nitrogens with one attached hydrogen (secondary N) is 1. The number of pyridine rings is 1. The molecule has 0 saturated heterocycles. The minimum Gasteiger partial charge on any atom is -0.255 e. The number of aromatic nitrogens is 3. The highest BCUT2D eigenvalue weighted by atomic mass is 32.2. The van der Waals surface area contributed by atoms with E-state index in [-0.39, 0.29) is 10.8 Å². The Morgan fingerprint density at radius 1 is 1.00 bits per heavy atom. The van der Waals surface area contributed by atoms with Crippen molar-refractivity contribution in [2.75, 3.05) is 4.72 Å². The second-order valence-corrected chi connectivity index (χ2v) is 6.56. The van der Waals surface area contributed by atoms with Crippen LogP contribution in [-0.2, 0) is 10.0 Å². The maximum atomic E-state index is 12.6. The number of aryl methyl sites for hydroxylation is 2. The van der Waals surface area contributed by atoms with Gasteiger partial charge in [0.2, 0.25) is 5.95 Å². The van der Waals surface area contributed by atoms with E-state index in [1.54, 1.807) is 38.2 Å². The Labute approximate surface area is 128 Å². The topological polar surface area (TPSA) is 84.8 Å². The van der Waals surface area contributed by atoms with E-state index < -0.39 is 10.0 Å². The van der Waals surface area contributed by atoms with Gasteiger partial charge in [0.25, 0.3) is 10.0 Å². The number of fused-ring (bicyclic) bond motifs is 1. The lowest BCUT2D eigenvalue weighted by Gasteiger charge is -2.09. The van der Waals surface area contributed by atoms with Crippen molar-refractivity contribution in [2.45, 2.75) is 18.7 Å². The predicted molar refractivity (Wildman–Crippen MR) is 84.1 cm³/mol. The van der Waals surface area contributed by atoms with Gasteiger partial charge in [-0.1, -0.05) is 18.2 Å². The summed E-state index contributed by atoms with van der Waals surface area (Å²) in [6.07, 6.45) is 1.56. The van der Waals surface area contributed by atoms with Gasteiger partial charge in [-0.25, -0.2) is 23.1 Å². The highest BCUT2D eigenvalue weighted by Crippen LogP contribution is 2.22. The van der Waals surface area contributed by atoms with Crippen LogP contribution in [-0.4, -0.2) is 23.4 Å². The van der Waals surface area contributed by atoms with Crippen LogP contribution in [0.25, 0.3) is 10.9 Å². The van der Waals surface area contributed by atoms with Gasteiger partial charge < -0.3 is 0 Å². The first-order chi connectivity index (χ1) is 10.5. The minimum atomic E-state index is -3.81. The Bertz CT molecular complexity index is 929. The molecule has 1 aromatic carbocycles. The summed E-state index contributed by atoms with van der Waals surface area (Å²) in [6.45, 7) is 3.57. The van der Waals surface area contributed by atoms with Crippen LogP contribution in [0.15, 0.2) is 47.5 Å². The molecule has 0 aliphatic heterocycles. The molecule has 22 heavy (non-hydrogen) atoms. The van der Waals surface area contributed by atoms with Gasteiger partial charge >= 0.3 is 0 Å². The molecule has 0 bridgehead atoms. The van der Waals surface area contributed by atoms with E-state index in [9.17, 15) is 8.42 Å². The molecule has 0 atom stereocenters. The number of rotatable bonds is 3. The molecule has 112 valence electrons. The Balaban J connectivity index is 2.09. The molecule has 1 N–H and O–H groups in total. The van der Waals surface area contributed by atoms with Crippen LogP contribution in [0, 0.1) is 13.8 Å². The van der Waals surface area contributed by atoms with E-state index in [2.05, 4.69) is 19.7 Å². The summed E-state index contributed by atoms with van der Waals surface area (Å²) in [4.78, 5) is 12.5. The van der Waals surface area contributed by atoms with Crippen molar-refractivity contribution >= 4 is 26.9 Å². The fraction of sp³-hybridized carbons (Fsp3) is 0.133. The average Bonchev–Trinajstić information content (AvgIpc) is 2.45. The zero-order valence-electron chi connectivity index (χ0n) is 12.1. The third kappa shape index (κ3) is 2.75. The Morgan fingerprint density at radius 2 is 1.68 bits per heavy atom. The van der Waals surface area contributed by atoms with Crippen LogP contribution in [0.2, 0.25) is 0 Å². The maximum absolute atomic E-state index is 12.6. The fourth-order valence-electron chi connectivity index (χ4n) is 2.24. The fourth-order valence-corrected chi connectivity index (χ4v) is 3.36. The lowest BCUT2D eigenvalue weighted by molar-refractivity contribution is 0.601. The van der Waals surface area contributed by atoms with Gasteiger partial charge in [-0.3, -0.25) is 4.98 Å². The molecule has 0 amide bonds. The third-order valence-electron chi connectivity index (χ3n) is 3.09. The van der Waals surface area contributed by atoms with Crippen LogP contribution in [0.1, 0.15) is 11.4 Å². The maximum Gasteiger partial charge on any atom is 0.266 e. The number of sulfonamides is 1. The predicted octanol–water partition coefficient (Wildman–Crippen LogP) is 2.44. The monoisotopic (exact) mass is 314 g/mol. The van der Waals surface area contributed by atoms with Crippen molar-refractivity contribution in [3.05, 3.63) is 54.0 Å². The van der Waals surface area contributed by atoms with Crippen LogP contribution in [0.3, 0.4) is 0 Å². The number of hydrogen-bond donors (Lipinski definition) is 1. The highest BCUT2D eigenvalue weighted by molar-refractivity contribution is 7.93. The van der Waals surface area contributed by atoms with E-state index in [1.165, 1.54) is 6.07 Å². The second-order valence-electron chi connectivity index (χ2n) is 4.91. The largest absolute Gasteiger partial charge is 0.266 e. The van der Waals surface area contributed by atoms with Gasteiger partial charge in [0.05, 0.1) is 5.52 Å². The van der Waals surface area contributed by atoms with E-state index in [0.29, 0.717) is 16.9 Å². The second kappa shape index (κ2) is 5.34. The van der Waals surface area contributed by atoms with Crippen molar-refractivity contribution < 1.29 is 8.42 Å². The van der Waals surface area contributed by atoms with E-state index in [1.807, 2.05) is 12.1 Å². The number of anilines is 1. The molecule has 7 heteroatoms. The molecule has 3 aromatic rings. The van der Waals surface area contributed by atoms with Crippen molar-refractivity contribution in [3.63, 3.8) is 0 Å². The SMILES string of the molecule is Cc1cc(C)nc(NS(=O)(=O)c2cccc3cccnc23)n1. The summed E-state index contributed by atoms with van der Waals surface area (Å²) in [5.74, 6) is 0.0606. The molecule has 0 saturated carbocycles. The smallest absolute Gasteiger partial charge is 0.255 e. The van der Waals surface area contributed by atoms with E-state index in [4.69, 9.17) is 0 Å². The molecule has 3 rings (SSSR count). The molecule has 0 fully saturated rings. The average molecular weight is 314 g/mol. The van der Waals surface area contributed by atoms with Crippen molar-refractivity contribution in [2.24, 2.45) is 0 Å². The number of nitrogens with zero attached hydrogens (tertiary/aromatic N) is 3. The molecule has 2 heterocycles. The Hall–Kier alpha value is -2.54. The van der Waals surface area contributed by atoms with Crippen LogP contribution < -0.4 is 4.72 Å². The quantitative estimate of drug-likeness (QED) is 0.802. The molecule has 0 aliphatic rings. The van der Waals surface area contributed by atoms with E-state index >= 15 is 0 Å². The molecule has 0 spiro atoms. The summed E-state index contributed by atoms with van der Waals surface area (Å²) in [5, 5.41) is 0.756. The lowest BCUT2D eigenvalue weighted by atomic mass is 10.2. The zero-order valence-corrected chi connectivity index (χ0v) is 12.9. The number of hydrogen-bond acceptors (Lipinski definition) is 5. The summed E-state index contributed by atoms with van der Waals surface area (Å²) in [7, 11) is -3.81. The zero-order chi connectivity index (χ0) is 15.7.